The number of alkyl halides is 3. The maximum atomic E-state index is 12.7. The van der Waals surface area contributed by atoms with Crippen molar-refractivity contribution in [2.75, 3.05) is 17.2 Å². The van der Waals surface area contributed by atoms with Crippen LogP contribution in [0.15, 0.2) is 42.5 Å². The maximum Gasteiger partial charge on any atom is 0.416 e. The van der Waals surface area contributed by atoms with E-state index in [2.05, 4.69) is 10.6 Å². The van der Waals surface area contributed by atoms with E-state index in [1.165, 1.54) is 0 Å². The van der Waals surface area contributed by atoms with Crippen molar-refractivity contribution >= 4 is 40.8 Å². The molecular weight excluding hydrogens is 425 g/mol. The van der Waals surface area contributed by atoms with E-state index in [1.54, 1.807) is 12.1 Å². The second kappa shape index (κ2) is 10.1. The summed E-state index contributed by atoms with van der Waals surface area (Å²) in [7, 11) is 0. The molecule has 160 valence electrons. The molecule has 30 heavy (non-hydrogen) atoms. The first-order valence-corrected chi connectivity index (χ1v) is 9.11. The van der Waals surface area contributed by atoms with E-state index in [0.717, 1.165) is 17.7 Å². The summed E-state index contributed by atoms with van der Waals surface area (Å²) in [6.45, 7) is 1.17. The normalized spacial score (nSPS) is 11.0. The number of rotatable bonds is 7. The number of hydrogen-bond donors (Lipinski definition) is 2. The average molecular weight is 443 g/mol. The van der Waals surface area contributed by atoms with E-state index in [4.69, 9.17) is 16.3 Å². The molecule has 2 aromatic carbocycles. The summed E-state index contributed by atoms with van der Waals surface area (Å²) in [5.74, 6) is -2.08. The van der Waals surface area contributed by atoms with Crippen LogP contribution in [0.4, 0.5) is 24.5 Å². The van der Waals surface area contributed by atoms with Crippen LogP contribution in [0.2, 0.25) is 5.02 Å². The highest BCUT2D eigenvalue weighted by molar-refractivity contribution is 6.33. The second-order valence-electron chi connectivity index (χ2n) is 6.32. The fourth-order valence-electron chi connectivity index (χ4n) is 2.28. The summed E-state index contributed by atoms with van der Waals surface area (Å²) in [6.07, 6.45) is -5.03. The van der Waals surface area contributed by atoms with Gasteiger partial charge in [-0.25, -0.2) is 0 Å². The molecule has 0 unspecified atom stereocenters. The van der Waals surface area contributed by atoms with Crippen LogP contribution in [0.3, 0.4) is 0 Å². The minimum atomic E-state index is -4.60. The molecule has 0 bridgehead atoms. The van der Waals surface area contributed by atoms with Crippen LogP contribution < -0.4 is 10.6 Å². The van der Waals surface area contributed by atoms with Crippen LogP contribution in [-0.4, -0.2) is 24.4 Å². The molecule has 2 amide bonds. The van der Waals surface area contributed by atoms with E-state index < -0.39 is 36.1 Å². The predicted octanol–water partition coefficient (Wildman–Crippen LogP) is 4.57. The van der Waals surface area contributed by atoms with Crippen molar-refractivity contribution in [1.29, 1.82) is 0 Å². The van der Waals surface area contributed by atoms with Gasteiger partial charge in [0.1, 0.15) is 0 Å². The number of carbonyl (C=O) groups excluding carboxylic acids is 3. The summed E-state index contributed by atoms with van der Waals surface area (Å²) in [5.41, 5.74) is 0.362. The zero-order valence-corrected chi connectivity index (χ0v) is 16.6. The standard InChI is InChI=1S/C20H18ClF3N2O4/c1-12-2-5-14(6-3-12)25-17(27)8-9-19(29)30-11-18(28)26-16-10-13(20(22,23)24)4-7-15(16)21/h2-7,10H,8-9,11H2,1H3,(H,25,27)(H,26,28). The Bertz CT molecular complexity index is 931. The summed E-state index contributed by atoms with van der Waals surface area (Å²) >= 11 is 5.78. The zero-order chi connectivity index (χ0) is 22.3. The van der Waals surface area contributed by atoms with Crippen LogP contribution in [0.25, 0.3) is 0 Å². The summed E-state index contributed by atoms with van der Waals surface area (Å²) < 4.78 is 42.9. The monoisotopic (exact) mass is 442 g/mol. The Morgan fingerprint density at radius 1 is 0.967 bits per heavy atom. The van der Waals surface area contributed by atoms with E-state index in [0.29, 0.717) is 11.8 Å². The van der Waals surface area contributed by atoms with Crippen molar-refractivity contribution in [1.82, 2.24) is 0 Å². The fourth-order valence-corrected chi connectivity index (χ4v) is 2.44. The summed E-state index contributed by atoms with van der Waals surface area (Å²) in [6, 6.07) is 9.53. The van der Waals surface area contributed by atoms with Crippen molar-refractivity contribution < 1.29 is 32.3 Å². The summed E-state index contributed by atoms with van der Waals surface area (Å²) in [4.78, 5) is 35.4. The third-order valence-electron chi connectivity index (χ3n) is 3.82. The second-order valence-corrected chi connectivity index (χ2v) is 6.72. The smallest absolute Gasteiger partial charge is 0.416 e. The Balaban J connectivity index is 1.77. The predicted molar refractivity (Wildman–Crippen MR) is 105 cm³/mol. The van der Waals surface area contributed by atoms with Gasteiger partial charge in [-0.1, -0.05) is 29.3 Å². The van der Waals surface area contributed by atoms with Crippen molar-refractivity contribution in [3.8, 4) is 0 Å². The molecule has 0 aromatic heterocycles. The van der Waals surface area contributed by atoms with Crippen molar-refractivity contribution in [2.24, 2.45) is 0 Å². The van der Waals surface area contributed by atoms with E-state index in [9.17, 15) is 27.6 Å². The molecule has 0 aliphatic carbocycles. The number of benzene rings is 2. The zero-order valence-electron chi connectivity index (χ0n) is 15.8. The Kier molecular flexibility index (Phi) is 7.82. The van der Waals surface area contributed by atoms with Gasteiger partial charge in [-0.15, -0.1) is 0 Å². The van der Waals surface area contributed by atoms with Crippen LogP contribution in [0, 0.1) is 6.92 Å². The molecule has 0 heterocycles. The Hall–Kier alpha value is -3.07. The van der Waals surface area contributed by atoms with Crippen LogP contribution in [-0.2, 0) is 25.3 Å². The molecule has 0 fully saturated rings. The van der Waals surface area contributed by atoms with Gasteiger partial charge in [0.05, 0.1) is 22.7 Å². The quantitative estimate of drug-likeness (QED) is 0.615. The Morgan fingerprint density at radius 3 is 2.27 bits per heavy atom. The SMILES string of the molecule is Cc1ccc(NC(=O)CCC(=O)OCC(=O)Nc2cc(C(F)(F)F)ccc2Cl)cc1. The third-order valence-corrected chi connectivity index (χ3v) is 4.15. The lowest BCUT2D eigenvalue weighted by molar-refractivity contribution is -0.147. The number of carbonyl (C=O) groups is 3. The number of hydrogen-bond acceptors (Lipinski definition) is 4. The molecule has 10 heteroatoms. The number of ether oxygens (including phenoxy) is 1. The van der Waals surface area contributed by atoms with Gasteiger partial charge in [0.25, 0.3) is 5.91 Å². The molecule has 0 saturated carbocycles. The molecule has 0 aliphatic heterocycles. The molecule has 2 N–H and O–H groups in total. The van der Waals surface area contributed by atoms with Crippen LogP contribution in [0.1, 0.15) is 24.0 Å². The number of halogens is 4. The number of nitrogens with one attached hydrogen (secondary N) is 2. The number of esters is 1. The maximum absolute atomic E-state index is 12.7. The molecular formula is C20H18ClF3N2O4. The van der Waals surface area contributed by atoms with Gasteiger partial charge in [-0.3, -0.25) is 14.4 Å². The minimum absolute atomic E-state index is 0.101. The lowest BCUT2D eigenvalue weighted by Gasteiger charge is -2.12. The first-order valence-electron chi connectivity index (χ1n) is 8.73. The Morgan fingerprint density at radius 2 is 1.63 bits per heavy atom. The Labute approximate surface area is 175 Å². The van der Waals surface area contributed by atoms with E-state index in [-0.39, 0.29) is 23.6 Å². The highest BCUT2D eigenvalue weighted by atomic mass is 35.5. The largest absolute Gasteiger partial charge is 0.456 e. The number of aryl methyl sites for hydroxylation is 1. The topological polar surface area (TPSA) is 84.5 Å². The summed E-state index contributed by atoms with van der Waals surface area (Å²) in [5, 5.41) is 4.66. The fraction of sp³-hybridized carbons (Fsp3) is 0.250. The van der Waals surface area contributed by atoms with Crippen molar-refractivity contribution in [2.45, 2.75) is 25.9 Å². The average Bonchev–Trinajstić information content (AvgIpc) is 2.67. The van der Waals surface area contributed by atoms with E-state index in [1.807, 2.05) is 19.1 Å². The molecule has 2 rings (SSSR count). The van der Waals surface area contributed by atoms with Gasteiger partial charge >= 0.3 is 12.1 Å². The van der Waals surface area contributed by atoms with Gasteiger partial charge < -0.3 is 15.4 Å². The number of amides is 2. The molecule has 0 aliphatic rings. The van der Waals surface area contributed by atoms with Gasteiger partial charge in [0, 0.05) is 12.1 Å². The van der Waals surface area contributed by atoms with Crippen LogP contribution in [0.5, 0.6) is 0 Å². The van der Waals surface area contributed by atoms with E-state index >= 15 is 0 Å². The first-order chi connectivity index (χ1) is 14.0. The molecule has 0 saturated heterocycles. The molecule has 0 radical (unpaired) electrons. The molecule has 2 aromatic rings. The van der Waals surface area contributed by atoms with Gasteiger partial charge in [0.2, 0.25) is 5.91 Å². The van der Waals surface area contributed by atoms with Crippen molar-refractivity contribution in [3.05, 3.63) is 58.6 Å². The van der Waals surface area contributed by atoms with Gasteiger partial charge in [-0.05, 0) is 37.3 Å². The lowest BCUT2D eigenvalue weighted by atomic mass is 10.2. The lowest BCUT2D eigenvalue weighted by Crippen LogP contribution is -2.22. The minimum Gasteiger partial charge on any atom is -0.456 e. The van der Waals surface area contributed by atoms with Crippen LogP contribution >= 0.6 is 11.6 Å². The molecule has 6 nitrogen and oxygen atoms in total. The highest BCUT2D eigenvalue weighted by Gasteiger charge is 2.31. The van der Waals surface area contributed by atoms with Gasteiger partial charge in [0.15, 0.2) is 6.61 Å². The van der Waals surface area contributed by atoms with Gasteiger partial charge in [-0.2, -0.15) is 13.2 Å². The molecule has 0 atom stereocenters. The first kappa shape index (κ1) is 23.2. The molecule has 0 spiro atoms. The highest BCUT2D eigenvalue weighted by Crippen LogP contribution is 2.33. The third kappa shape index (κ3) is 7.40. The van der Waals surface area contributed by atoms with Crippen molar-refractivity contribution in [3.63, 3.8) is 0 Å². The number of anilines is 2.